The van der Waals surface area contributed by atoms with Gasteiger partial charge in [-0.1, -0.05) is 48.5 Å². The van der Waals surface area contributed by atoms with E-state index in [0.29, 0.717) is 25.8 Å². The number of aryl methyl sites for hydroxylation is 2. The molecule has 32 heavy (non-hydrogen) atoms. The highest BCUT2D eigenvalue weighted by Gasteiger charge is 2.21. The summed E-state index contributed by atoms with van der Waals surface area (Å²) in [6.45, 7) is 1.44. The van der Waals surface area contributed by atoms with Gasteiger partial charge in [-0.25, -0.2) is 4.79 Å². The van der Waals surface area contributed by atoms with Crippen molar-refractivity contribution < 1.29 is 14.3 Å². The van der Waals surface area contributed by atoms with Gasteiger partial charge < -0.3 is 20.7 Å². The number of carbonyl (C=O) groups excluding carboxylic acids is 2. The first kappa shape index (κ1) is 25.6. The lowest BCUT2D eigenvalue weighted by atomic mass is 9.99. The first-order chi connectivity index (χ1) is 15.4. The molecule has 1 amide bonds. The summed E-state index contributed by atoms with van der Waals surface area (Å²) >= 11 is 0. The Bertz CT molecular complexity index is 832. The maximum Gasteiger partial charge on any atom is 0.328 e. The minimum Gasteiger partial charge on any atom is -0.467 e. The molecule has 3 N–H and O–H groups in total. The number of methoxy groups -OCH3 is 1. The van der Waals surface area contributed by atoms with E-state index in [-0.39, 0.29) is 5.91 Å². The van der Waals surface area contributed by atoms with Crippen LogP contribution < -0.4 is 11.1 Å². The van der Waals surface area contributed by atoms with Gasteiger partial charge in [0, 0.05) is 13.0 Å². The Morgan fingerprint density at radius 1 is 0.938 bits per heavy atom. The molecule has 2 rings (SSSR count). The molecule has 2 aromatic rings. The first-order valence-electron chi connectivity index (χ1n) is 11.3. The van der Waals surface area contributed by atoms with Crippen LogP contribution in [0.3, 0.4) is 0 Å². The minimum absolute atomic E-state index is 0.145. The van der Waals surface area contributed by atoms with Crippen LogP contribution in [-0.4, -0.2) is 57.1 Å². The number of carbonyl (C=O) groups is 2. The molecule has 0 radical (unpaired) electrons. The fourth-order valence-electron chi connectivity index (χ4n) is 3.50. The van der Waals surface area contributed by atoms with Crippen molar-refractivity contribution in [1.82, 2.24) is 10.2 Å². The number of amides is 1. The van der Waals surface area contributed by atoms with Crippen molar-refractivity contribution >= 4 is 11.9 Å². The first-order valence-corrected chi connectivity index (χ1v) is 11.3. The Balaban J connectivity index is 1.86. The van der Waals surface area contributed by atoms with Gasteiger partial charge in [0.2, 0.25) is 5.91 Å². The Labute approximate surface area is 192 Å². The second-order valence-electron chi connectivity index (χ2n) is 8.37. The summed E-state index contributed by atoms with van der Waals surface area (Å²) in [5.41, 5.74) is 10.3. The second kappa shape index (κ2) is 13.7. The van der Waals surface area contributed by atoms with E-state index in [0.717, 1.165) is 36.9 Å². The Hall–Kier alpha value is -2.70. The smallest absolute Gasteiger partial charge is 0.328 e. The van der Waals surface area contributed by atoms with Crippen molar-refractivity contribution in [2.75, 3.05) is 34.3 Å². The SMILES string of the molecule is COC(=O)[C@H](CCN(C)C)NC(=O)CCc1ccc(-c2ccc(CCCCN)cc2)cc1. The molecule has 0 aliphatic rings. The van der Waals surface area contributed by atoms with Crippen LogP contribution in [0.4, 0.5) is 0 Å². The van der Waals surface area contributed by atoms with Crippen molar-refractivity contribution in [2.24, 2.45) is 5.73 Å². The number of rotatable bonds is 13. The van der Waals surface area contributed by atoms with Gasteiger partial charge in [0.25, 0.3) is 0 Å². The van der Waals surface area contributed by atoms with Crippen LogP contribution >= 0.6 is 0 Å². The zero-order valence-corrected chi connectivity index (χ0v) is 19.6. The maximum absolute atomic E-state index is 12.4. The highest BCUT2D eigenvalue weighted by atomic mass is 16.5. The zero-order valence-electron chi connectivity index (χ0n) is 19.6. The summed E-state index contributed by atoms with van der Waals surface area (Å²) in [4.78, 5) is 26.3. The van der Waals surface area contributed by atoms with E-state index in [9.17, 15) is 9.59 Å². The Kier molecular flexibility index (Phi) is 10.9. The molecule has 174 valence electrons. The number of hydrogen-bond donors (Lipinski definition) is 2. The van der Waals surface area contributed by atoms with Crippen molar-refractivity contribution in [3.8, 4) is 11.1 Å². The molecule has 2 aromatic carbocycles. The van der Waals surface area contributed by atoms with Crippen LogP contribution in [0.2, 0.25) is 0 Å². The lowest BCUT2D eigenvalue weighted by Crippen LogP contribution is -2.43. The average Bonchev–Trinajstić information content (AvgIpc) is 2.80. The molecule has 0 heterocycles. The third-order valence-electron chi connectivity index (χ3n) is 5.49. The van der Waals surface area contributed by atoms with E-state index in [2.05, 4.69) is 53.8 Å². The van der Waals surface area contributed by atoms with Crippen LogP contribution in [0.15, 0.2) is 48.5 Å². The van der Waals surface area contributed by atoms with Crippen LogP contribution in [0.25, 0.3) is 11.1 Å². The number of esters is 1. The van der Waals surface area contributed by atoms with Crippen molar-refractivity contribution in [3.63, 3.8) is 0 Å². The summed E-state index contributed by atoms with van der Waals surface area (Å²) in [5.74, 6) is -0.552. The molecule has 0 fully saturated rings. The van der Waals surface area contributed by atoms with Crippen LogP contribution in [0, 0.1) is 0 Å². The molecule has 0 aromatic heterocycles. The summed E-state index contributed by atoms with van der Waals surface area (Å²) in [7, 11) is 5.20. The normalized spacial score (nSPS) is 11.9. The Morgan fingerprint density at radius 3 is 2.00 bits per heavy atom. The second-order valence-corrected chi connectivity index (χ2v) is 8.37. The standard InChI is InChI=1S/C26H37N3O3/c1-29(2)19-17-24(26(31)32-3)28-25(30)16-11-21-9-14-23(15-10-21)22-12-7-20(8-13-22)6-4-5-18-27/h7-10,12-15,24H,4-6,11,16-19,27H2,1-3H3,(H,28,30)/t24-/m0/s1. The maximum atomic E-state index is 12.4. The predicted octanol–water partition coefficient (Wildman–Crippen LogP) is 3.18. The number of ether oxygens (including phenoxy) is 1. The van der Waals surface area contributed by atoms with E-state index in [1.54, 1.807) is 0 Å². The third-order valence-corrected chi connectivity index (χ3v) is 5.49. The summed E-state index contributed by atoms with van der Waals surface area (Å²) in [6.07, 6.45) is 4.70. The predicted molar refractivity (Wildman–Crippen MR) is 129 cm³/mol. The average molecular weight is 440 g/mol. The molecular formula is C26H37N3O3. The van der Waals surface area contributed by atoms with Gasteiger partial charge in [-0.2, -0.15) is 0 Å². The van der Waals surface area contributed by atoms with Crippen LogP contribution in [0.1, 0.15) is 36.8 Å². The van der Waals surface area contributed by atoms with E-state index >= 15 is 0 Å². The molecule has 0 saturated carbocycles. The van der Waals surface area contributed by atoms with E-state index < -0.39 is 12.0 Å². The van der Waals surface area contributed by atoms with Gasteiger partial charge in [-0.3, -0.25) is 4.79 Å². The van der Waals surface area contributed by atoms with Gasteiger partial charge in [0.15, 0.2) is 0 Å². The molecule has 6 nitrogen and oxygen atoms in total. The Morgan fingerprint density at radius 2 is 1.50 bits per heavy atom. The van der Waals surface area contributed by atoms with Gasteiger partial charge >= 0.3 is 5.97 Å². The van der Waals surface area contributed by atoms with E-state index in [4.69, 9.17) is 10.5 Å². The lowest BCUT2D eigenvalue weighted by molar-refractivity contribution is -0.145. The van der Waals surface area contributed by atoms with Crippen molar-refractivity contribution in [3.05, 3.63) is 59.7 Å². The lowest BCUT2D eigenvalue weighted by Gasteiger charge is -2.18. The quantitative estimate of drug-likeness (QED) is 0.370. The van der Waals surface area contributed by atoms with Crippen LogP contribution in [0.5, 0.6) is 0 Å². The minimum atomic E-state index is -0.615. The molecule has 6 heteroatoms. The molecule has 0 saturated heterocycles. The van der Waals surface area contributed by atoms with Crippen LogP contribution in [-0.2, 0) is 27.2 Å². The molecule has 0 aliphatic carbocycles. The summed E-state index contributed by atoms with van der Waals surface area (Å²) < 4.78 is 4.82. The summed E-state index contributed by atoms with van der Waals surface area (Å²) in [6, 6.07) is 16.3. The zero-order chi connectivity index (χ0) is 23.3. The molecule has 0 aliphatic heterocycles. The fraction of sp³-hybridized carbons (Fsp3) is 0.462. The molecule has 0 bridgehead atoms. The summed E-state index contributed by atoms with van der Waals surface area (Å²) in [5, 5.41) is 2.81. The molecular weight excluding hydrogens is 402 g/mol. The fourth-order valence-corrected chi connectivity index (χ4v) is 3.50. The van der Waals surface area contributed by atoms with Gasteiger partial charge in [-0.05, 0) is 75.0 Å². The molecule has 0 spiro atoms. The number of nitrogens with zero attached hydrogens (tertiary/aromatic N) is 1. The van der Waals surface area contributed by atoms with Gasteiger partial charge in [0.05, 0.1) is 7.11 Å². The highest BCUT2D eigenvalue weighted by molar-refractivity contribution is 5.84. The monoisotopic (exact) mass is 439 g/mol. The largest absolute Gasteiger partial charge is 0.467 e. The number of unbranched alkanes of at least 4 members (excludes halogenated alkanes) is 1. The van der Waals surface area contributed by atoms with Gasteiger partial charge in [0.1, 0.15) is 6.04 Å². The highest BCUT2D eigenvalue weighted by Crippen LogP contribution is 2.21. The number of nitrogens with two attached hydrogens (primary N) is 1. The van der Waals surface area contributed by atoms with Crippen molar-refractivity contribution in [2.45, 2.75) is 44.6 Å². The van der Waals surface area contributed by atoms with Gasteiger partial charge in [-0.15, -0.1) is 0 Å². The topological polar surface area (TPSA) is 84.7 Å². The van der Waals surface area contributed by atoms with E-state index in [1.165, 1.54) is 18.2 Å². The number of benzene rings is 2. The van der Waals surface area contributed by atoms with Crippen molar-refractivity contribution in [1.29, 1.82) is 0 Å². The third kappa shape index (κ3) is 8.81. The molecule has 0 unspecified atom stereocenters. The number of nitrogens with one attached hydrogen (secondary N) is 1. The molecule has 1 atom stereocenters. The van der Waals surface area contributed by atoms with E-state index in [1.807, 2.05) is 19.0 Å². The number of hydrogen-bond acceptors (Lipinski definition) is 5.